The van der Waals surface area contributed by atoms with Crippen LogP contribution < -0.4 is 5.73 Å². The molecule has 2 rings (SSSR count). The Balaban J connectivity index is 2.20. The van der Waals surface area contributed by atoms with Gasteiger partial charge in [-0.3, -0.25) is 4.98 Å². The van der Waals surface area contributed by atoms with E-state index in [1.807, 2.05) is 0 Å². The Morgan fingerprint density at radius 2 is 2.32 bits per heavy atom. The van der Waals surface area contributed by atoms with Gasteiger partial charge in [0.2, 0.25) is 0 Å². The van der Waals surface area contributed by atoms with Crippen molar-refractivity contribution in [2.45, 2.75) is 31.1 Å². The van der Waals surface area contributed by atoms with Crippen LogP contribution in [0.3, 0.4) is 0 Å². The van der Waals surface area contributed by atoms with Crippen molar-refractivity contribution in [1.82, 2.24) is 4.98 Å². The van der Waals surface area contributed by atoms with Gasteiger partial charge in [-0.15, -0.1) is 0 Å². The summed E-state index contributed by atoms with van der Waals surface area (Å²) in [5.74, 6) is -1.33. The Bertz CT molecular complexity index is 483. The molecule has 0 amide bonds. The van der Waals surface area contributed by atoms with E-state index in [9.17, 15) is 9.90 Å². The standard InChI is InChI=1S/C12H17BN2O4/c14-12(11(16)17)8(3-1-5-13(18)19)7-10-9(12)4-2-6-15-10/h2,4,6,8,18-19H,1,3,5,7,14H2,(H,16,17)/t8-,12+/m0/s1. The SMILES string of the molecule is N[C@@]1(C(=O)O)c2cccnc2C[C@@H]1CCCB(O)O. The molecule has 2 atom stereocenters. The number of nitrogens with two attached hydrogens (primary N) is 1. The van der Waals surface area contributed by atoms with Gasteiger partial charge in [-0.1, -0.05) is 12.5 Å². The number of rotatable bonds is 5. The molecule has 19 heavy (non-hydrogen) atoms. The predicted octanol–water partition coefficient (Wildman–Crippen LogP) is -0.255. The summed E-state index contributed by atoms with van der Waals surface area (Å²) in [5.41, 5.74) is 5.97. The minimum absolute atomic E-state index is 0.218. The van der Waals surface area contributed by atoms with E-state index in [0.29, 0.717) is 24.8 Å². The molecule has 0 aliphatic heterocycles. The first-order chi connectivity index (χ1) is 8.96. The summed E-state index contributed by atoms with van der Waals surface area (Å²) in [7, 11) is -1.36. The van der Waals surface area contributed by atoms with Crippen molar-refractivity contribution >= 4 is 13.1 Å². The van der Waals surface area contributed by atoms with Gasteiger partial charge < -0.3 is 20.9 Å². The Morgan fingerprint density at radius 3 is 2.95 bits per heavy atom. The fraction of sp³-hybridized carbons (Fsp3) is 0.500. The summed E-state index contributed by atoms with van der Waals surface area (Å²) >= 11 is 0. The van der Waals surface area contributed by atoms with E-state index >= 15 is 0 Å². The molecule has 0 radical (unpaired) electrons. The molecule has 0 aromatic carbocycles. The summed E-state index contributed by atoms with van der Waals surface area (Å²) in [5, 5.41) is 27.1. The Kier molecular flexibility index (Phi) is 3.89. The quantitative estimate of drug-likeness (QED) is 0.544. The number of nitrogens with zero attached hydrogens (tertiary/aromatic N) is 1. The normalized spacial score (nSPS) is 25.1. The fourth-order valence-corrected chi connectivity index (χ4v) is 2.76. The van der Waals surface area contributed by atoms with Gasteiger partial charge in [-0.25, -0.2) is 4.79 Å². The first-order valence-electron chi connectivity index (χ1n) is 6.29. The molecule has 5 N–H and O–H groups in total. The molecule has 102 valence electrons. The second kappa shape index (κ2) is 5.28. The van der Waals surface area contributed by atoms with Crippen molar-refractivity contribution in [3.05, 3.63) is 29.6 Å². The van der Waals surface area contributed by atoms with Crippen LogP contribution in [0.4, 0.5) is 0 Å². The van der Waals surface area contributed by atoms with Crippen LogP contribution in [0, 0.1) is 5.92 Å². The van der Waals surface area contributed by atoms with Crippen molar-refractivity contribution in [1.29, 1.82) is 0 Å². The Morgan fingerprint density at radius 1 is 1.58 bits per heavy atom. The van der Waals surface area contributed by atoms with Crippen LogP contribution in [0.2, 0.25) is 6.32 Å². The maximum Gasteiger partial charge on any atom is 0.451 e. The molecule has 6 nitrogen and oxygen atoms in total. The number of hydrogen-bond acceptors (Lipinski definition) is 5. The van der Waals surface area contributed by atoms with Crippen molar-refractivity contribution < 1.29 is 19.9 Å². The molecule has 0 saturated heterocycles. The van der Waals surface area contributed by atoms with E-state index in [2.05, 4.69) is 4.98 Å². The number of pyridine rings is 1. The molecule has 1 aromatic rings. The molecule has 1 aliphatic carbocycles. The van der Waals surface area contributed by atoms with Crippen LogP contribution in [0.5, 0.6) is 0 Å². The lowest BCUT2D eigenvalue weighted by Crippen LogP contribution is -2.48. The number of fused-ring (bicyclic) bond motifs is 1. The molecule has 1 aliphatic rings. The lowest BCUT2D eigenvalue weighted by Gasteiger charge is -2.27. The maximum absolute atomic E-state index is 11.5. The highest BCUT2D eigenvalue weighted by Crippen LogP contribution is 2.41. The largest absolute Gasteiger partial charge is 0.480 e. The molecule has 0 unspecified atom stereocenters. The lowest BCUT2D eigenvalue weighted by atomic mass is 9.77. The van der Waals surface area contributed by atoms with Crippen LogP contribution in [-0.4, -0.2) is 33.2 Å². The smallest absolute Gasteiger partial charge is 0.451 e. The average molecular weight is 264 g/mol. The third-order valence-corrected chi connectivity index (χ3v) is 3.79. The van der Waals surface area contributed by atoms with Gasteiger partial charge in [-0.05, 0) is 31.1 Å². The molecule has 1 aromatic heterocycles. The second-order valence-corrected chi connectivity index (χ2v) is 4.98. The lowest BCUT2D eigenvalue weighted by molar-refractivity contribution is -0.145. The first kappa shape index (κ1) is 14.0. The van der Waals surface area contributed by atoms with Gasteiger partial charge in [-0.2, -0.15) is 0 Å². The van der Waals surface area contributed by atoms with E-state index in [0.717, 1.165) is 5.69 Å². The average Bonchev–Trinajstić information content (AvgIpc) is 2.64. The van der Waals surface area contributed by atoms with Crippen LogP contribution in [0.1, 0.15) is 24.1 Å². The topological polar surface area (TPSA) is 117 Å². The minimum atomic E-state index is -1.43. The number of aromatic nitrogens is 1. The zero-order valence-corrected chi connectivity index (χ0v) is 10.5. The van der Waals surface area contributed by atoms with Crippen molar-refractivity contribution in [3.8, 4) is 0 Å². The number of carboxylic acids is 1. The number of carbonyl (C=O) groups is 1. The van der Waals surface area contributed by atoms with E-state index in [-0.39, 0.29) is 12.2 Å². The summed E-state index contributed by atoms with van der Waals surface area (Å²) in [6.45, 7) is 0. The molecular weight excluding hydrogens is 247 g/mol. The third kappa shape index (κ3) is 2.49. The molecule has 0 spiro atoms. The summed E-state index contributed by atoms with van der Waals surface area (Å²) in [6.07, 6.45) is 3.40. The highest BCUT2D eigenvalue weighted by Gasteiger charge is 2.50. The third-order valence-electron chi connectivity index (χ3n) is 3.79. The van der Waals surface area contributed by atoms with Crippen molar-refractivity contribution in [2.75, 3.05) is 0 Å². The Labute approximate surface area is 111 Å². The molecule has 7 heteroatoms. The molecule has 0 bridgehead atoms. The van der Waals surface area contributed by atoms with Gasteiger partial charge in [0.15, 0.2) is 0 Å². The van der Waals surface area contributed by atoms with E-state index < -0.39 is 18.6 Å². The van der Waals surface area contributed by atoms with Crippen LogP contribution in [0.25, 0.3) is 0 Å². The number of carboxylic acid groups (broad SMARTS) is 1. The van der Waals surface area contributed by atoms with E-state index in [1.54, 1.807) is 18.3 Å². The first-order valence-corrected chi connectivity index (χ1v) is 6.29. The molecular formula is C12H17BN2O4. The minimum Gasteiger partial charge on any atom is -0.480 e. The van der Waals surface area contributed by atoms with E-state index in [1.165, 1.54) is 0 Å². The van der Waals surface area contributed by atoms with Gasteiger partial charge in [0.05, 0.1) is 0 Å². The molecule has 0 saturated carbocycles. The summed E-state index contributed by atoms with van der Waals surface area (Å²) < 4.78 is 0. The monoisotopic (exact) mass is 264 g/mol. The van der Waals surface area contributed by atoms with Crippen LogP contribution >= 0.6 is 0 Å². The number of aliphatic carboxylic acids is 1. The highest BCUT2D eigenvalue weighted by molar-refractivity contribution is 6.40. The van der Waals surface area contributed by atoms with E-state index in [4.69, 9.17) is 15.8 Å². The zero-order chi connectivity index (χ0) is 14.0. The fourth-order valence-electron chi connectivity index (χ4n) is 2.76. The van der Waals surface area contributed by atoms with Crippen LogP contribution in [0.15, 0.2) is 18.3 Å². The van der Waals surface area contributed by atoms with Gasteiger partial charge in [0, 0.05) is 17.5 Å². The van der Waals surface area contributed by atoms with Crippen LogP contribution in [-0.2, 0) is 16.8 Å². The predicted molar refractivity (Wildman–Crippen MR) is 69.2 cm³/mol. The Hall–Kier alpha value is -1.44. The maximum atomic E-state index is 11.5. The highest BCUT2D eigenvalue weighted by atomic mass is 16.4. The van der Waals surface area contributed by atoms with Gasteiger partial charge in [0.25, 0.3) is 0 Å². The zero-order valence-electron chi connectivity index (χ0n) is 10.5. The number of hydrogen-bond donors (Lipinski definition) is 4. The molecule has 1 heterocycles. The summed E-state index contributed by atoms with van der Waals surface area (Å²) in [6, 6.07) is 3.39. The van der Waals surface area contributed by atoms with Crippen molar-refractivity contribution in [2.24, 2.45) is 11.7 Å². The van der Waals surface area contributed by atoms with Gasteiger partial charge >= 0.3 is 13.1 Å². The summed E-state index contributed by atoms with van der Waals surface area (Å²) in [4.78, 5) is 15.7. The van der Waals surface area contributed by atoms with Gasteiger partial charge in [0.1, 0.15) is 5.54 Å². The molecule has 0 fully saturated rings. The second-order valence-electron chi connectivity index (χ2n) is 4.98. The van der Waals surface area contributed by atoms with Crippen molar-refractivity contribution in [3.63, 3.8) is 0 Å².